The Hall–Kier alpha value is -1.30. The Morgan fingerprint density at radius 2 is 1.95 bits per heavy atom. The van der Waals surface area contributed by atoms with Gasteiger partial charge in [-0.05, 0) is 32.6 Å². The number of carbonyl (C=O) groups excluding carboxylic acids is 1. The van der Waals surface area contributed by atoms with E-state index < -0.39 is 18.1 Å². The minimum atomic E-state index is -0.917. The van der Waals surface area contributed by atoms with Gasteiger partial charge in [-0.3, -0.25) is 0 Å². The molecule has 2 N–H and O–H groups in total. The normalized spacial score (nSPS) is 29.4. The molecule has 0 aromatic rings. The highest BCUT2D eigenvalue weighted by Gasteiger charge is 2.37. The average Bonchev–Trinajstić information content (AvgIpc) is 2.87. The van der Waals surface area contributed by atoms with E-state index in [4.69, 9.17) is 0 Å². The number of piperidine rings is 1. The van der Waals surface area contributed by atoms with Gasteiger partial charge in [0, 0.05) is 25.6 Å². The summed E-state index contributed by atoms with van der Waals surface area (Å²) in [4.78, 5) is 26.8. The maximum Gasteiger partial charge on any atom is 0.326 e. The van der Waals surface area contributed by atoms with E-state index in [1.54, 1.807) is 11.8 Å². The fourth-order valence-electron chi connectivity index (χ4n) is 2.95. The van der Waals surface area contributed by atoms with Gasteiger partial charge in [0.2, 0.25) is 0 Å². The summed E-state index contributed by atoms with van der Waals surface area (Å²) in [7, 11) is 0. The Balaban J connectivity index is 2.00. The number of carboxylic acid groups (broad SMARTS) is 1. The first-order valence-electron chi connectivity index (χ1n) is 6.97. The third-order valence-electron chi connectivity index (χ3n) is 4.21. The molecular weight excluding hydrogens is 248 g/mol. The number of nitrogens with zero attached hydrogens (tertiary/aromatic N) is 2. The highest BCUT2D eigenvalue weighted by molar-refractivity contribution is 5.83. The minimum absolute atomic E-state index is 0.108. The lowest BCUT2D eigenvalue weighted by Crippen LogP contribution is -2.52. The number of hydrogen-bond acceptors (Lipinski definition) is 3. The summed E-state index contributed by atoms with van der Waals surface area (Å²) >= 11 is 0. The molecule has 0 aromatic heterocycles. The smallest absolute Gasteiger partial charge is 0.326 e. The molecule has 0 aliphatic carbocycles. The second-order valence-electron chi connectivity index (χ2n) is 5.56. The second kappa shape index (κ2) is 5.77. The second-order valence-corrected chi connectivity index (χ2v) is 5.56. The van der Waals surface area contributed by atoms with Crippen LogP contribution in [-0.2, 0) is 4.79 Å². The van der Waals surface area contributed by atoms with Crippen molar-refractivity contribution in [2.24, 2.45) is 5.92 Å². The van der Waals surface area contributed by atoms with E-state index in [9.17, 15) is 19.8 Å². The monoisotopic (exact) mass is 270 g/mol. The first-order chi connectivity index (χ1) is 9.00. The van der Waals surface area contributed by atoms with Crippen LogP contribution in [0.25, 0.3) is 0 Å². The summed E-state index contributed by atoms with van der Waals surface area (Å²) in [6.45, 7) is 3.39. The third kappa shape index (κ3) is 3.00. The molecule has 6 nitrogen and oxygen atoms in total. The van der Waals surface area contributed by atoms with Gasteiger partial charge < -0.3 is 20.0 Å². The summed E-state index contributed by atoms with van der Waals surface area (Å²) in [6, 6.07) is -0.873. The quantitative estimate of drug-likeness (QED) is 0.776. The number of likely N-dealkylation sites (tertiary alicyclic amines) is 2. The van der Waals surface area contributed by atoms with E-state index in [2.05, 4.69) is 0 Å². The number of aliphatic hydroxyl groups is 1. The van der Waals surface area contributed by atoms with E-state index in [-0.39, 0.29) is 11.9 Å². The topological polar surface area (TPSA) is 81.1 Å². The number of aliphatic carboxylic acids is 1. The fourth-order valence-corrected chi connectivity index (χ4v) is 2.95. The number of aliphatic hydroxyl groups excluding tert-OH is 1. The van der Waals surface area contributed by atoms with Gasteiger partial charge in [0.25, 0.3) is 0 Å². The molecule has 2 fully saturated rings. The van der Waals surface area contributed by atoms with Crippen LogP contribution in [0.1, 0.15) is 32.6 Å². The molecule has 2 heterocycles. The Morgan fingerprint density at radius 3 is 2.53 bits per heavy atom. The number of urea groups is 1. The Kier molecular flexibility index (Phi) is 4.29. The van der Waals surface area contributed by atoms with Crippen LogP contribution in [0, 0.1) is 5.92 Å². The molecule has 0 spiro atoms. The van der Waals surface area contributed by atoms with Crippen LogP contribution in [0.3, 0.4) is 0 Å². The van der Waals surface area contributed by atoms with Crippen molar-refractivity contribution in [3.63, 3.8) is 0 Å². The van der Waals surface area contributed by atoms with Crippen LogP contribution in [0.2, 0.25) is 0 Å². The van der Waals surface area contributed by atoms with Crippen LogP contribution >= 0.6 is 0 Å². The molecule has 2 saturated heterocycles. The molecular formula is C13H22N2O4. The van der Waals surface area contributed by atoms with Crippen LogP contribution in [0.15, 0.2) is 0 Å². The Morgan fingerprint density at radius 1 is 1.21 bits per heavy atom. The summed E-state index contributed by atoms with van der Waals surface area (Å²) in [5.41, 5.74) is 0. The maximum atomic E-state index is 12.4. The highest BCUT2D eigenvalue weighted by Crippen LogP contribution is 2.24. The van der Waals surface area contributed by atoms with Gasteiger partial charge in [-0.25, -0.2) is 9.59 Å². The van der Waals surface area contributed by atoms with Gasteiger partial charge in [-0.15, -0.1) is 0 Å². The van der Waals surface area contributed by atoms with E-state index in [1.807, 2.05) is 0 Å². The molecule has 108 valence electrons. The van der Waals surface area contributed by atoms with Crippen molar-refractivity contribution in [1.82, 2.24) is 9.80 Å². The molecule has 3 unspecified atom stereocenters. The van der Waals surface area contributed by atoms with Crippen molar-refractivity contribution in [2.75, 3.05) is 19.6 Å². The molecule has 3 atom stereocenters. The van der Waals surface area contributed by atoms with Gasteiger partial charge >= 0.3 is 12.0 Å². The zero-order chi connectivity index (χ0) is 14.0. The molecule has 0 saturated carbocycles. The fraction of sp³-hybridized carbons (Fsp3) is 0.846. The molecule has 19 heavy (non-hydrogen) atoms. The van der Waals surface area contributed by atoms with E-state index in [0.717, 1.165) is 19.3 Å². The number of carbonyl (C=O) groups is 2. The molecule has 2 amide bonds. The largest absolute Gasteiger partial charge is 0.480 e. The number of hydrogen-bond donors (Lipinski definition) is 2. The minimum Gasteiger partial charge on any atom is -0.480 e. The SMILES string of the molecule is CC(O)C1CCN(C(=O)N2CCCCC2C(=O)O)C1. The molecule has 0 aromatic carbocycles. The summed E-state index contributed by atoms with van der Waals surface area (Å²) < 4.78 is 0. The standard InChI is InChI=1S/C13H22N2O4/c1-9(16)10-5-7-14(8-10)13(19)15-6-3-2-4-11(15)12(17)18/h9-11,16H,2-8H2,1H3,(H,17,18). The number of carboxylic acids is 1. The van der Waals surface area contributed by atoms with Gasteiger partial charge in [0.05, 0.1) is 6.10 Å². The van der Waals surface area contributed by atoms with Crippen LogP contribution in [0.5, 0.6) is 0 Å². The van der Waals surface area contributed by atoms with Crippen molar-refractivity contribution >= 4 is 12.0 Å². The first kappa shape index (κ1) is 14.1. The summed E-state index contributed by atoms with van der Waals surface area (Å²) in [5.74, 6) is -0.809. The van der Waals surface area contributed by atoms with Crippen LogP contribution in [0.4, 0.5) is 4.79 Å². The predicted molar refractivity (Wildman–Crippen MR) is 68.7 cm³/mol. The van der Waals surface area contributed by atoms with Crippen molar-refractivity contribution in [3.8, 4) is 0 Å². The first-order valence-corrected chi connectivity index (χ1v) is 6.97. The van der Waals surface area contributed by atoms with E-state index in [1.165, 1.54) is 4.90 Å². The molecule has 2 rings (SSSR count). The Labute approximate surface area is 113 Å². The molecule has 2 aliphatic heterocycles. The molecule has 2 aliphatic rings. The van der Waals surface area contributed by atoms with Gasteiger partial charge in [-0.1, -0.05) is 0 Å². The maximum absolute atomic E-state index is 12.4. The lowest BCUT2D eigenvalue weighted by atomic mass is 10.0. The zero-order valence-corrected chi connectivity index (χ0v) is 11.3. The molecule has 6 heteroatoms. The number of amides is 2. The number of rotatable bonds is 2. The lowest BCUT2D eigenvalue weighted by Gasteiger charge is -2.35. The van der Waals surface area contributed by atoms with Crippen molar-refractivity contribution in [3.05, 3.63) is 0 Å². The van der Waals surface area contributed by atoms with Crippen molar-refractivity contribution < 1.29 is 19.8 Å². The molecule has 0 radical (unpaired) electrons. The van der Waals surface area contributed by atoms with Gasteiger partial charge in [0.1, 0.15) is 6.04 Å². The van der Waals surface area contributed by atoms with Crippen molar-refractivity contribution in [1.29, 1.82) is 0 Å². The van der Waals surface area contributed by atoms with Crippen LogP contribution in [-0.4, -0.2) is 63.8 Å². The average molecular weight is 270 g/mol. The van der Waals surface area contributed by atoms with E-state index in [0.29, 0.717) is 26.1 Å². The summed E-state index contributed by atoms with van der Waals surface area (Å²) in [6.07, 6.45) is 2.62. The van der Waals surface area contributed by atoms with Crippen LogP contribution < -0.4 is 0 Å². The van der Waals surface area contributed by atoms with Gasteiger partial charge in [-0.2, -0.15) is 0 Å². The predicted octanol–water partition coefficient (Wildman–Crippen LogP) is 0.748. The van der Waals surface area contributed by atoms with E-state index >= 15 is 0 Å². The lowest BCUT2D eigenvalue weighted by molar-refractivity contribution is -0.143. The molecule has 0 bridgehead atoms. The van der Waals surface area contributed by atoms with Crippen molar-refractivity contribution in [2.45, 2.75) is 44.8 Å². The summed E-state index contributed by atoms with van der Waals surface area (Å²) in [5, 5.41) is 18.7. The Bertz CT molecular complexity index is 359. The third-order valence-corrected chi connectivity index (χ3v) is 4.21. The zero-order valence-electron chi connectivity index (χ0n) is 11.3. The highest BCUT2D eigenvalue weighted by atomic mass is 16.4. The van der Waals surface area contributed by atoms with Gasteiger partial charge in [0.15, 0.2) is 0 Å².